The molecule has 1 aromatic rings. The molecule has 0 N–H and O–H groups in total. The molecule has 1 aliphatic rings. The van der Waals surface area contributed by atoms with E-state index in [0.717, 1.165) is 11.4 Å². The third kappa shape index (κ3) is 3.32. The average molecular weight is 288 g/mol. The number of carbonyl (C=O) groups excluding carboxylic acids is 1. The van der Waals surface area contributed by atoms with Crippen LogP contribution in [0.4, 0.5) is 0 Å². The molecule has 0 aliphatic heterocycles. The molecule has 1 unspecified atom stereocenters. The van der Waals surface area contributed by atoms with Crippen molar-refractivity contribution in [2.45, 2.75) is 31.8 Å². The molecule has 1 aromatic heterocycles. The van der Waals surface area contributed by atoms with Crippen molar-refractivity contribution in [1.82, 2.24) is 4.90 Å². The highest BCUT2D eigenvalue weighted by Gasteiger charge is 2.35. The SMILES string of the molecule is COCCN(C1CC1)C(C)C(=O)c1ccc(Cl)s1. The van der Waals surface area contributed by atoms with Gasteiger partial charge in [-0.15, -0.1) is 11.3 Å². The number of halogens is 1. The van der Waals surface area contributed by atoms with Gasteiger partial charge in [0.15, 0.2) is 5.78 Å². The molecule has 0 aromatic carbocycles. The van der Waals surface area contributed by atoms with Gasteiger partial charge in [0.05, 0.1) is 21.9 Å². The monoisotopic (exact) mass is 287 g/mol. The van der Waals surface area contributed by atoms with E-state index in [1.807, 2.05) is 13.0 Å². The fourth-order valence-electron chi connectivity index (χ4n) is 2.10. The number of carbonyl (C=O) groups is 1. The standard InChI is InChI=1S/C13H18ClNO2S/c1-9(13(16)11-5-6-12(14)18-11)15(7-8-17-2)10-3-4-10/h5-6,9-10H,3-4,7-8H2,1-2H3. The summed E-state index contributed by atoms with van der Waals surface area (Å²) in [6, 6.07) is 4.05. The minimum Gasteiger partial charge on any atom is -0.383 e. The van der Waals surface area contributed by atoms with Gasteiger partial charge >= 0.3 is 0 Å². The molecular formula is C13H18ClNO2S. The van der Waals surface area contributed by atoms with E-state index in [1.165, 1.54) is 24.2 Å². The Hall–Kier alpha value is -0.420. The fraction of sp³-hybridized carbons (Fsp3) is 0.615. The Balaban J connectivity index is 2.03. The number of thiophene rings is 1. The number of nitrogens with zero attached hydrogens (tertiary/aromatic N) is 1. The second-order valence-corrected chi connectivity index (χ2v) is 6.32. The summed E-state index contributed by atoms with van der Waals surface area (Å²) in [5, 5.41) is 0. The second kappa shape index (κ2) is 6.15. The Morgan fingerprint density at radius 3 is 2.83 bits per heavy atom. The Labute approximate surface area is 117 Å². The van der Waals surface area contributed by atoms with E-state index in [1.54, 1.807) is 13.2 Å². The number of rotatable bonds is 7. The zero-order valence-corrected chi connectivity index (χ0v) is 12.3. The lowest BCUT2D eigenvalue weighted by atomic mass is 10.1. The molecule has 5 heteroatoms. The van der Waals surface area contributed by atoms with Crippen LogP contribution in [0.15, 0.2) is 12.1 Å². The van der Waals surface area contributed by atoms with Crippen molar-refractivity contribution in [3.05, 3.63) is 21.3 Å². The van der Waals surface area contributed by atoms with Gasteiger partial charge in [-0.25, -0.2) is 0 Å². The summed E-state index contributed by atoms with van der Waals surface area (Å²) in [6.45, 7) is 3.45. The molecule has 1 saturated carbocycles. The van der Waals surface area contributed by atoms with Crippen molar-refractivity contribution in [2.75, 3.05) is 20.3 Å². The van der Waals surface area contributed by atoms with Gasteiger partial charge in [-0.2, -0.15) is 0 Å². The van der Waals surface area contributed by atoms with Crippen molar-refractivity contribution in [3.8, 4) is 0 Å². The summed E-state index contributed by atoms with van der Waals surface area (Å²) in [6.07, 6.45) is 2.37. The lowest BCUT2D eigenvalue weighted by Gasteiger charge is -2.27. The maximum Gasteiger partial charge on any atom is 0.189 e. The molecule has 3 nitrogen and oxygen atoms in total. The first-order valence-electron chi connectivity index (χ1n) is 6.17. The topological polar surface area (TPSA) is 29.5 Å². The number of ketones is 1. The fourth-order valence-corrected chi connectivity index (χ4v) is 3.16. The maximum atomic E-state index is 12.4. The lowest BCUT2D eigenvalue weighted by molar-refractivity contribution is 0.0762. The highest BCUT2D eigenvalue weighted by atomic mass is 35.5. The van der Waals surface area contributed by atoms with Gasteiger partial charge in [-0.3, -0.25) is 9.69 Å². The van der Waals surface area contributed by atoms with Gasteiger partial charge in [-0.05, 0) is 31.9 Å². The molecule has 18 heavy (non-hydrogen) atoms. The molecule has 0 bridgehead atoms. The molecule has 0 amide bonds. The van der Waals surface area contributed by atoms with Gasteiger partial charge < -0.3 is 4.74 Å². The minimum atomic E-state index is -0.0950. The number of hydrogen-bond donors (Lipinski definition) is 0. The first-order valence-corrected chi connectivity index (χ1v) is 7.37. The van der Waals surface area contributed by atoms with Gasteiger partial charge in [0.25, 0.3) is 0 Å². The summed E-state index contributed by atoms with van der Waals surface area (Å²) in [5.74, 6) is 0.162. The van der Waals surface area contributed by atoms with E-state index in [2.05, 4.69) is 4.90 Å². The molecule has 100 valence electrons. The minimum absolute atomic E-state index is 0.0950. The first kappa shape index (κ1) is 14.0. The van der Waals surface area contributed by atoms with Crippen molar-refractivity contribution in [1.29, 1.82) is 0 Å². The van der Waals surface area contributed by atoms with Crippen molar-refractivity contribution in [2.24, 2.45) is 0 Å². The summed E-state index contributed by atoms with van der Waals surface area (Å²) < 4.78 is 5.79. The lowest BCUT2D eigenvalue weighted by Crippen LogP contribution is -2.42. The van der Waals surface area contributed by atoms with E-state index in [-0.39, 0.29) is 11.8 Å². The third-order valence-corrected chi connectivity index (χ3v) is 4.51. The second-order valence-electron chi connectivity index (χ2n) is 4.61. The largest absolute Gasteiger partial charge is 0.383 e. The normalized spacial score (nSPS) is 17.1. The summed E-state index contributed by atoms with van der Waals surface area (Å²) in [4.78, 5) is 15.4. The number of methoxy groups -OCH3 is 1. The molecule has 2 rings (SSSR count). The Morgan fingerprint density at radius 1 is 1.61 bits per heavy atom. The quantitative estimate of drug-likeness (QED) is 0.722. The number of hydrogen-bond acceptors (Lipinski definition) is 4. The van der Waals surface area contributed by atoms with Crippen molar-refractivity contribution in [3.63, 3.8) is 0 Å². The van der Waals surface area contributed by atoms with Gasteiger partial charge in [0, 0.05) is 19.7 Å². The molecule has 0 radical (unpaired) electrons. The maximum absolute atomic E-state index is 12.4. The highest BCUT2D eigenvalue weighted by molar-refractivity contribution is 7.18. The van der Waals surface area contributed by atoms with Crippen LogP contribution in [-0.4, -0.2) is 43.0 Å². The summed E-state index contributed by atoms with van der Waals surface area (Å²) >= 11 is 7.24. The summed E-state index contributed by atoms with van der Waals surface area (Å²) in [7, 11) is 1.69. The highest BCUT2D eigenvalue weighted by Crippen LogP contribution is 2.30. The molecule has 0 saturated heterocycles. The van der Waals surface area contributed by atoms with Crippen LogP contribution in [0.1, 0.15) is 29.4 Å². The van der Waals surface area contributed by atoms with Crippen LogP contribution >= 0.6 is 22.9 Å². The van der Waals surface area contributed by atoms with Crippen LogP contribution in [0, 0.1) is 0 Å². The molecule has 1 heterocycles. The Morgan fingerprint density at radius 2 is 2.33 bits per heavy atom. The van der Waals surface area contributed by atoms with Crippen LogP contribution < -0.4 is 0 Å². The van der Waals surface area contributed by atoms with E-state index >= 15 is 0 Å². The molecular weight excluding hydrogens is 270 g/mol. The van der Waals surface area contributed by atoms with E-state index in [4.69, 9.17) is 16.3 Å². The van der Waals surface area contributed by atoms with Crippen LogP contribution in [0.3, 0.4) is 0 Å². The van der Waals surface area contributed by atoms with Crippen LogP contribution in [0.25, 0.3) is 0 Å². The van der Waals surface area contributed by atoms with Crippen molar-refractivity contribution < 1.29 is 9.53 Å². The molecule has 1 atom stereocenters. The Kier molecular flexibility index (Phi) is 4.78. The van der Waals surface area contributed by atoms with Crippen molar-refractivity contribution >= 4 is 28.7 Å². The Bertz CT molecular complexity index is 417. The third-order valence-electron chi connectivity index (χ3n) is 3.26. The van der Waals surface area contributed by atoms with Crippen LogP contribution in [0.2, 0.25) is 4.34 Å². The first-order chi connectivity index (χ1) is 8.63. The predicted octanol–water partition coefficient (Wildman–Crippen LogP) is 3.08. The van der Waals surface area contributed by atoms with E-state index in [0.29, 0.717) is 17.0 Å². The zero-order chi connectivity index (χ0) is 13.1. The summed E-state index contributed by atoms with van der Waals surface area (Å²) in [5.41, 5.74) is 0. The van der Waals surface area contributed by atoms with Crippen LogP contribution in [0.5, 0.6) is 0 Å². The molecule has 0 spiro atoms. The molecule has 1 fully saturated rings. The van der Waals surface area contributed by atoms with E-state index < -0.39 is 0 Å². The molecule has 1 aliphatic carbocycles. The zero-order valence-electron chi connectivity index (χ0n) is 10.7. The predicted molar refractivity (Wildman–Crippen MR) is 74.7 cm³/mol. The number of Topliss-reactive ketones (excluding diaryl/α,β-unsaturated/α-hetero) is 1. The van der Waals surface area contributed by atoms with Gasteiger partial charge in [0.2, 0.25) is 0 Å². The van der Waals surface area contributed by atoms with E-state index in [9.17, 15) is 4.79 Å². The number of ether oxygens (including phenoxy) is 1. The smallest absolute Gasteiger partial charge is 0.189 e. The average Bonchev–Trinajstić information content (AvgIpc) is 3.10. The van der Waals surface area contributed by atoms with Crippen LogP contribution in [-0.2, 0) is 4.74 Å². The van der Waals surface area contributed by atoms with Gasteiger partial charge in [0.1, 0.15) is 0 Å². The van der Waals surface area contributed by atoms with Gasteiger partial charge in [-0.1, -0.05) is 11.6 Å².